The van der Waals surface area contributed by atoms with Crippen LogP contribution in [-0.2, 0) is 0 Å². The van der Waals surface area contributed by atoms with Gasteiger partial charge < -0.3 is 16.0 Å². The fourth-order valence-electron chi connectivity index (χ4n) is 2.60. The van der Waals surface area contributed by atoms with Gasteiger partial charge in [0.15, 0.2) is 0 Å². The van der Waals surface area contributed by atoms with Crippen LogP contribution in [0.4, 0.5) is 10.7 Å². The Bertz CT molecular complexity index is 521. The summed E-state index contributed by atoms with van der Waals surface area (Å²) in [5, 5.41) is 4.60. The van der Waals surface area contributed by atoms with Crippen LogP contribution in [0.1, 0.15) is 42.3 Å². The van der Waals surface area contributed by atoms with Gasteiger partial charge in [-0.25, -0.2) is 0 Å². The van der Waals surface area contributed by atoms with Crippen LogP contribution < -0.4 is 11.1 Å². The van der Waals surface area contributed by atoms with Gasteiger partial charge in [0, 0.05) is 20.6 Å². The summed E-state index contributed by atoms with van der Waals surface area (Å²) in [6.07, 6.45) is 7.14. The summed E-state index contributed by atoms with van der Waals surface area (Å²) < 4.78 is 0. The quantitative estimate of drug-likeness (QED) is 0.749. The average Bonchev–Trinajstić information content (AvgIpc) is 3.13. The Labute approximate surface area is 135 Å². The van der Waals surface area contributed by atoms with Crippen molar-refractivity contribution in [3.63, 3.8) is 0 Å². The third kappa shape index (κ3) is 3.48. The molecule has 21 heavy (non-hydrogen) atoms. The van der Waals surface area contributed by atoms with Crippen LogP contribution >= 0.6 is 23.1 Å². The van der Waals surface area contributed by atoms with E-state index in [4.69, 9.17) is 5.73 Å². The van der Waals surface area contributed by atoms with Crippen molar-refractivity contribution in [2.24, 2.45) is 5.41 Å². The summed E-state index contributed by atoms with van der Waals surface area (Å²) >= 11 is 3.09. The number of hydrogen-bond donors (Lipinski definition) is 2. The Morgan fingerprint density at radius 3 is 2.62 bits per heavy atom. The van der Waals surface area contributed by atoms with Crippen molar-refractivity contribution >= 4 is 39.7 Å². The minimum atomic E-state index is -0.0180. The number of rotatable bonds is 7. The first-order valence-electron chi connectivity index (χ1n) is 7.36. The Kier molecular flexibility index (Phi) is 5.09. The summed E-state index contributed by atoms with van der Waals surface area (Å²) in [6, 6.07) is 0. The molecule has 0 atom stereocenters. The number of thiophene rings is 1. The first kappa shape index (κ1) is 16.5. The lowest BCUT2D eigenvalue weighted by Crippen LogP contribution is -2.21. The molecule has 6 heteroatoms. The van der Waals surface area contributed by atoms with Crippen LogP contribution in [-0.4, -0.2) is 37.7 Å². The summed E-state index contributed by atoms with van der Waals surface area (Å²) in [4.78, 5) is 15.4. The van der Waals surface area contributed by atoms with Crippen LogP contribution in [0.5, 0.6) is 0 Å². The molecule has 1 aromatic heterocycles. The molecule has 1 heterocycles. The Hall–Kier alpha value is -0.880. The molecule has 1 saturated carbocycles. The van der Waals surface area contributed by atoms with Crippen LogP contribution in [0.25, 0.3) is 0 Å². The Morgan fingerprint density at radius 2 is 2.14 bits per heavy atom. The number of nitrogens with one attached hydrogen (secondary N) is 1. The zero-order valence-electron chi connectivity index (χ0n) is 13.3. The fourth-order valence-corrected chi connectivity index (χ4v) is 4.65. The molecule has 3 N–H and O–H groups in total. The molecule has 0 unspecified atom stereocenters. The maximum Gasteiger partial charge on any atom is 0.265 e. The van der Waals surface area contributed by atoms with Gasteiger partial charge in [0.1, 0.15) is 9.88 Å². The van der Waals surface area contributed by atoms with Gasteiger partial charge >= 0.3 is 0 Å². The average molecular weight is 328 g/mol. The lowest BCUT2D eigenvalue weighted by Gasteiger charge is -2.15. The van der Waals surface area contributed by atoms with Crippen molar-refractivity contribution in [3.8, 4) is 0 Å². The van der Waals surface area contributed by atoms with E-state index in [1.165, 1.54) is 37.0 Å². The topological polar surface area (TPSA) is 58.4 Å². The minimum absolute atomic E-state index is 0.0180. The first-order chi connectivity index (χ1) is 9.94. The van der Waals surface area contributed by atoms with E-state index in [1.54, 1.807) is 30.8 Å². The van der Waals surface area contributed by atoms with E-state index in [1.807, 2.05) is 6.26 Å². The second kappa shape index (κ2) is 6.48. The largest absolute Gasteiger partial charge is 0.396 e. The highest BCUT2D eigenvalue weighted by molar-refractivity contribution is 7.99. The van der Waals surface area contributed by atoms with Gasteiger partial charge in [0.05, 0.1) is 10.6 Å². The smallest absolute Gasteiger partial charge is 0.265 e. The van der Waals surface area contributed by atoms with Gasteiger partial charge in [0.2, 0.25) is 0 Å². The zero-order valence-corrected chi connectivity index (χ0v) is 14.9. The van der Waals surface area contributed by atoms with Crippen molar-refractivity contribution in [2.75, 3.05) is 37.9 Å². The molecule has 0 aromatic carbocycles. The molecule has 0 aliphatic heterocycles. The predicted molar refractivity (Wildman–Crippen MR) is 93.6 cm³/mol. The number of carbonyl (C=O) groups excluding carboxylic acids is 1. The molecule has 1 aliphatic rings. The fraction of sp³-hybridized carbons (Fsp3) is 0.667. The van der Waals surface area contributed by atoms with Crippen molar-refractivity contribution in [1.82, 2.24) is 4.90 Å². The van der Waals surface area contributed by atoms with Crippen LogP contribution in [0.15, 0.2) is 4.90 Å². The number of carbonyl (C=O) groups is 1. The molecular formula is C15H25N3OS2. The van der Waals surface area contributed by atoms with Gasteiger partial charge in [-0.1, -0.05) is 13.3 Å². The highest BCUT2D eigenvalue weighted by atomic mass is 32.2. The van der Waals surface area contributed by atoms with Gasteiger partial charge in [-0.05, 0) is 30.9 Å². The van der Waals surface area contributed by atoms with E-state index in [9.17, 15) is 4.79 Å². The third-order valence-corrected chi connectivity index (χ3v) is 6.18. The van der Waals surface area contributed by atoms with Crippen molar-refractivity contribution in [1.29, 1.82) is 0 Å². The summed E-state index contributed by atoms with van der Waals surface area (Å²) in [6.45, 7) is 3.23. The molecule has 4 nitrogen and oxygen atoms in total. The summed E-state index contributed by atoms with van der Waals surface area (Å²) in [7, 11) is 3.52. The van der Waals surface area contributed by atoms with E-state index in [2.05, 4.69) is 12.2 Å². The van der Waals surface area contributed by atoms with E-state index < -0.39 is 0 Å². The van der Waals surface area contributed by atoms with Crippen molar-refractivity contribution < 1.29 is 4.79 Å². The van der Waals surface area contributed by atoms with Crippen LogP contribution in [0, 0.1) is 5.41 Å². The van der Waals surface area contributed by atoms with Gasteiger partial charge in [-0.3, -0.25) is 4.79 Å². The lowest BCUT2D eigenvalue weighted by atomic mass is 10.0. The highest BCUT2D eigenvalue weighted by Crippen LogP contribution is 2.50. The van der Waals surface area contributed by atoms with E-state index in [-0.39, 0.29) is 5.91 Å². The molecular weight excluding hydrogens is 302 g/mol. The zero-order chi connectivity index (χ0) is 15.6. The molecule has 1 fully saturated rings. The van der Waals surface area contributed by atoms with Gasteiger partial charge in [-0.15, -0.1) is 23.1 Å². The molecule has 1 amide bonds. The molecule has 2 rings (SSSR count). The number of nitrogens with zero attached hydrogens (tertiary/aromatic N) is 1. The first-order valence-corrected chi connectivity index (χ1v) is 9.40. The van der Waals surface area contributed by atoms with E-state index in [0.717, 1.165) is 16.4 Å². The second-order valence-corrected chi connectivity index (χ2v) is 7.85. The summed E-state index contributed by atoms with van der Waals surface area (Å²) in [5.41, 5.74) is 7.27. The third-order valence-electron chi connectivity index (χ3n) is 4.07. The SMILES string of the molecule is CCCC1(CNc2sc(C(=O)N(C)C)c(N)c2SC)CC1. The number of hydrogen-bond acceptors (Lipinski definition) is 5. The van der Waals surface area contributed by atoms with Crippen LogP contribution in [0.2, 0.25) is 0 Å². The number of nitrogen functional groups attached to an aromatic ring is 1. The number of anilines is 2. The molecule has 118 valence electrons. The second-order valence-electron chi connectivity index (χ2n) is 6.01. The monoisotopic (exact) mass is 327 g/mol. The van der Waals surface area contributed by atoms with Crippen LogP contribution in [0.3, 0.4) is 0 Å². The van der Waals surface area contributed by atoms with Crippen molar-refractivity contribution in [2.45, 2.75) is 37.5 Å². The van der Waals surface area contributed by atoms with Gasteiger partial charge in [-0.2, -0.15) is 0 Å². The van der Waals surface area contributed by atoms with E-state index >= 15 is 0 Å². The number of amides is 1. The van der Waals surface area contributed by atoms with Crippen molar-refractivity contribution in [3.05, 3.63) is 4.88 Å². The maximum atomic E-state index is 12.2. The lowest BCUT2D eigenvalue weighted by molar-refractivity contribution is 0.0833. The number of thioether (sulfide) groups is 1. The minimum Gasteiger partial charge on any atom is -0.396 e. The molecule has 0 bridgehead atoms. The molecule has 1 aromatic rings. The Balaban J connectivity index is 2.16. The van der Waals surface area contributed by atoms with Gasteiger partial charge in [0.25, 0.3) is 5.91 Å². The Morgan fingerprint density at radius 1 is 1.48 bits per heavy atom. The standard InChI is InChI=1S/C15H25N3OS2/c1-5-6-15(7-8-15)9-17-13-11(20-4)10(16)12(21-13)14(19)18(2)3/h17H,5-9,16H2,1-4H3. The molecule has 1 aliphatic carbocycles. The summed E-state index contributed by atoms with van der Waals surface area (Å²) in [5.74, 6) is -0.0180. The predicted octanol–water partition coefficient (Wildman–Crippen LogP) is 3.75. The van der Waals surface area contributed by atoms with E-state index in [0.29, 0.717) is 16.0 Å². The molecule has 0 radical (unpaired) electrons. The highest BCUT2D eigenvalue weighted by Gasteiger charge is 2.41. The molecule has 0 saturated heterocycles. The molecule has 0 spiro atoms. The normalized spacial score (nSPS) is 15.8. The number of nitrogens with two attached hydrogens (primary N) is 1. The maximum absolute atomic E-state index is 12.2.